The van der Waals surface area contributed by atoms with Gasteiger partial charge in [0.25, 0.3) is 0 Å². The van der Waals surface area contributed by atoms with Crippen molar-refractivity contribution in [3.8, 4) is 0 Å². The highest BCUT2D eigenvalue weighted by molar-refractivity contribution is 5.74. The molecule has 21 heavy (non-hydrogen) atoms. The van der Waals surface area contributed by atoms with Gasteiger partial charge >= 0.3 is 11.9 Å². The summed E-state index contributed by atoms with van der Waals surface area (Å²) in [5, 5.41) is 11.4. The first-order valence-corrected chi connectivity index (χ1v) is 7.00. The van der Waals surface area contributed by atoms with Crippen molar-refractivity contribution < 1.29 is 28.6 Å². The number of ether oxygens (including phenoxy) is 2. The molecule has 0 bridgehead atoms. The molecule has 1 fully saturated rings. The summed E-state index contributed by atoms with van der Waals surface area (Å²) in [5.74, 6) is -1.30. The van der Waals surface area contributed by atoms with Gasteiger partial charge in [0.1, 0.15) is 11.7 Å². The Labute approximate surface area is 123 Å². The van der Waals surface area contributed by atoms with E-state index in [2.05, 4.69) is 5.32 Å². The lowest BCUT2D eigenvalue weighted by Gasteiger charge is -2.17. The average Bonchev–Trinajstić information content (AvgIpc) is 2.81. The fourth-order valence-corrected chi connectivity index (χ4v) is 2.03. The van der Waals surface area contributed by atoms with Gasteiger partial charge in [0.2, 0.25) is 0 Å². The average molecular weight is 303 g/mol. The quantitative estimate of drug-likeness (QED) is 0.376. The molecule has 1 aliphatic heterocycles. The van der Waals surface area contributed by atoms with Crippen LogP contribution in [-0.4, -0.2) is 55.1 Å². The summed E-state index contributed by atoms with van der Waals surface area (Å²) in [6.07, 6.45) is 4.25. The molecule has 1 saturated heterocycles. The molecule has 2 N–H and O–H groups in total. The van der Waals surface area contributed by atoms with Gasteiger partial charge in [-0.2, -0.15) is 0 Å². The molecule has 0 unspecified atom stereocenters. The third kappa shape index (κ3) is 6.68. The number of carbonyl (C=O) groups excluding carboxylic acids is 1. The molecule has 0 amide bonds. The Hall–Kier alpha value is -1.47. The van der Waals surface area contributed by atoms with Crippen LogP contribution in [0, 0.1) is 0 Å². The van der Waals surface area contributed by atoms with Crippen molar-refractivity contribution in [2.75, 3.05) is 26.4 Å². The zero-order valence-electron chi connectivity index (χ0n) is 12.1. The molecule has 0 radical (unpaired) electrons. The van der Waals surface area contributed by atoms with E-state index in [4.69, 9.17) is 14.6 Å². The summed E-state index contributed by atoms with van der Waals surface area (Å²) in [7, 11) is 0. The molecule has 0 aromatic heterocycles. The summed E-state index contributed by atoms with van der Waals surface area (Å²) >= 11 is 0. The van der Waals surface area contributed by atoms with Crippen molar-refractivity contribution in [1.82, 2.24) is 5.32 Å². The second-order valence-corrected chi connectivity index (χ2v) is 4.96. The number of carboxylic acid groups (broad SMARTS) is 1. The van der Waals surface area contributed by atoms with E-state index in [0.717, 1.165) is 0 Å². The Balaban J connectivity index is 2.11. The normalized spacial score (nSPS) is 25.3. The van der Waals surface area contributed by atoms with E-state index >= 15 is 0 Å². The topological polar surface area (TPSA) is 84.9 Å². The van der Waals surface area contributed by atoms with E-state index in [0.29, 0.717) is 19.4 Å². The summed E-state index contributed by atoms with van der Waals surface area (Å²) in [4.78, 5) is 21.8. The van der Waals surface area contributed by atoms with Gasteiger partial charge in [-0.3, -0.25) is 9.59 Å². The zero-order valence-corrected chi connectivity index (χ0v) is 12.1. The molecule has 6 nitrogen and oxygen atoms in total. The first-order valence-electron chi connectivity index (χ1n) is 7.00. The molecular weight excluding hydrogens is 281 g/mol. The highest BCUT2D eigenvalue weighted by Gasteiger charge is 2.42. The maximum atomic E-state index is 14.2. The van der Waals surface area contributed by atoms with Gasteiger partial charge in [0.05, 0.1) is 19.8 Å². The summed E-state index contributed by atoms with van der Waals surface area (Å²) in [6.45, 7) is 2.19. The molecule has 0 spiro atoms. The fourth-order valence-electron chi connectivity index (χ4n) is 2.03. The lowest BCUT2D eigenvalue weighted by atomic mass is 10.0. The lowest BCUT2D eigenvalue weighted by molar-refractivity contribution is -0.143. The van der Waals surface area contributed by atoms with Gasteiger partial charge < -0.3 is 19.9 Å². The van der Waals surface area contributed by atoms with Gasteiger partial charge in [-0.1, -0.05) is 12.2 Å². The first-order chi connectivity index (χ1) is 9.97. The number of nitrogens with one attached hydrogen (secondary N) is 1. The van der Waals surface area contributed by atoms with E-state index in [1.54, 1.807) is 19.1 Å². The van der Waals surface area contributed by atoms with Gasteiger partial charge in [0, 0.05) is 19.4 Å². The summed E-state index contributed by atoms with van der Waals surface area (Å²) in [5.41, 5.74) is -1.64. The van der Waals surface area contributed by atoms with Crippen LogP contribution in [0.4, 0.5) is 4.39 Å². The van der Waals surface area contributed by atoms with Gasteiger partial charge in [0.15, 0.2) is 0 Å². The molecule has 1 heterocycles. The molecule has 1 aliphatic rings. The van der Waals surface area contributed by atoms with Crippen LogP contribution in [0.15, 0.2) is 12.2 Å². The number of hydrogen-bond donors (Lipinski definition) is 2. The molecule has 1 rings (SSSR count). The standard InChI is InChI=1S/C14H22FNO5/c1-2-21-12(17)6-4-3-5-7-20-10-14(15)8-11(13(18)19)16-9-14/h3,5,11,16H,2,4,6-10H2,1H3,(H,18,19)/b5-3+/t11-,14+/m0/s1. The highest BCUT2D eigenvalue weighted by atomic mass is 19.1. The molecule has 120 valence electrons. The van der Waals surface area contributed by atoms with Gasteiger partial charge in [-0.15, -0.1) is 0 Å². The van der Waals surface area contributed by atoms with E-state index in [1.807, 2.05) is 0 Å². The summed E-state index contributed by atoms with van der Waals surface area (Å²) in [6, 6.07) is -0.848. The van der Waals surface area contributed by atoms with Crippen molar-refractivity contribution in [3.05, 3.63) is 12.2 Å². The number of halogens is 1. The predicted octanol–water partition coefficient (Wildman–Crippen LogP) is 1.06. The van der Waals surface area contributed by atoms with Crippen LogP contribution >= 0.6 is 0 Å². The van der Waals surface area contributed by atoms with Crippen molar-refractivity contribution in [1.29, 1.82) is 0 Å². The minimum absolute atomic E-state index is 0.0173. The van der Waals surface area contributed by atoms with Gasteiger partial charge in [-0.25, -0.2) is 4.39 Å². The second kappa shape index (κ2) is 8.74. The van der Waals surface area contributed by atoms with E-state index in [1.165, 1.54) is 0 Å². The van der Waals surface area contributed by atoms with Crippen LogP contribution in [0.5, 0.6) is 0 Å². The van der Waals surface area contributed by atoms with Crippen LogP contribution in [-0.2, 0) is 19.1 Å². The number of allylic oxidation sites excluding steroid dienone is 1. The maximum absolute atomic E-state index is 14.2. The maximum Gasteiger partial charge on any atom is 0.320 e. The third-order valence-corrected chi connectivity index (χ3v) is 3.10. The SMILES string of the molecule is CCOC(=O)CC/C=C/COC[C@]1(F)CN[C@H](C(=O)O)C1. The van der Waals surface area contributed by atoms with E-state index < -0.39 is 17.7 Å². The Morgan fingerprint density at radius 2 is 2.24 bits per heavy atom. The Morgan fingerprint density at radius 3 is 2.86 bits per heavy atom. The lowest BCUT2D eigenvalue weighted by Crippen LogP contribution is -2.31. The molecule has 0 saturated carbocycles. The summed E-state index contributed by atoms with van der Waals surface area (Å²) < 4.78 is 24.1. The number of esters is 1. The fraction of sp³-hybridized carbons (Fsp3) is 0.714. The van der Waals surface area contributed by atoms with Crippen LogP contribution in [0.25, 0.3) is 0 Å². The largest absolute Gasteiger partial charge is 0.480 e. The molecule has 0 aliphatic carbocycles. The van der Waals surface area contributed by atoms with Crippen molar-refractivity contribution in [3.63, 3.8) is 0 Å². The van der Waals surface area contributed by atoms with Crippen LogP contribution in [0.2, 0.25) is 0 Å². The minimum atomic E-state index is -1.64. The van der Waals surface area contributed by atoms with Crippen molar-refractivity contribution in [2.24, 2.45) is 0 Å². The predicted molar refractivity (Wildman–Crippen MR) is 73.7 cm³/mol. The number of carbonyl (C=O) groups is 2. The smallest absolute Gasteiger partial charge is 0.320 e. The molecule has 0 aromatic rings. The number of alkyl halides is 1. The van der Waals surface area contributed by atoms with Crippen molar-refractivity contribution in [2.45, 2.75) is 37.9 Å². The molecule has 7 heteroatoms. The Morgan fingerprint density at radius 1 is 1.48 bits per heavy atom. The number of aliphatic carboxylic acids is 1. The molecule has 2 atom stereocenters. The number of rotatable bonds is 9. The van der Waals surface area contributed by atoms with Crippen LogP contribution in [0.3, 0.4) is 0 Å². The monoisotopic (exact) mass is 303 g/mol. The number of carboxylic acids is 1. The van der Waals surface area contributed by atoms with Crippen LogP contribution < -0.4 is 5.32 Å². The molecular formula is C14H22FNO5. The number of hydrogen-bond acceptors (Lipinski definition) is 5. The van der Waals surface area contributed by atoms with E-state index in [9.17, 15) is 14.0 Å². The Kier molecular flexibility index (Phi) is 7.31. The van der Waals surface area contributed by atoms with E-state index in [-0.39, 0.29) is 32.1 Å². The van der Waals surface area contributed by atoms with Gasteiger partial charge in [-0.05, 0) is 13.3 Å². The second-order valence-electron chi connectivity index (χ2n) is 4.96. The first kappa shape index (κ1) is 17.6. The van der Waals surface area contributed by atoms with Crippen molar-refractivity contribution >= 4 is 11.9 Å². The minimum Gasteiger partial charge on any atom is -0.480 e. The van der Waals surface area contributed by atoms with Crippen LogP contribution in [0.1, 0.15) is 26.2 Å². The highest BCUT2D eigenvalue weighted by Crippen LogP contribution is 2.24. The Bertz CT molecular complexity index is 388. The zero-order chi connectivity index (χ0) is 15.7. The third-order valence-electron chi connectivity index (χ3n) is 3.10. The molecule has 0 aromatic carbocycles.